The van der Waals surface area contributed by atoms with E-state index in [2.05, 4.69) is 28.8 Å². The fourth-order valence-corrected chi connectivity index (χ4v) is 1.67. The smallest absolute Gasteiger partial charge is 0.277 e. The van der Waals surface area contributed by atoms with E-state index in [-0.39, 0.29) is 23.0 Å². The average molecular weight is 341 g/mol. The molecule has 0 aliphatic carbocycles. The highest BCUT2D eigenvalue weighted by molar-refractivity contribution is 6.05. The fraction of sp³-hybridized carbons (Fsp3) is 0. The molecule has 1 aromatic carbocycles. The maximum atomic E-state index is 12.1. The third kappa shape index (κ3) is 4.32. The first-order valence-electron chi connectivity index (χ1n) is 6.89. The highest BCUT2D eigenvalue weighted by Gasteiger charge is 2.17. The van der Waals surface area contributed by atoms with E-state index in [0.29, 0.717) is 11.3 Å². The maximum Gasteiger partial charge on any atom is 0.277 e. The van der Waals surface area contributed by atoms with Crippen molar-refractivity contribution in [1.82, 2.24) is 15.6 Å². The summed E-state index contributed by atoms with van der Waals surface area (Å²) in [5.41, 5.74) is 11.0. The van der Waals surface area contributed by atoms with Crippen molar-refractivity contribution >= 4 is 23.4 Å². The van der Waals surface area contributed by atoms with E-state index in [9.17, 15) is 14.4 Å². The number of hydrogen-bond donors (Lipinski definition) is 4. The van der Waals surface area contributed by atoms with Gasteiger partial charge in [-0.3, -0.25) is 14.4 Å². The Labute approximate surface area is 142 Å². The minimum Gasteiger partial charge on any atom is -0.444 e. The van der Waals surface area contributed by atoms with Crippen molar-refractivity contribution in [2.45, 2.75) is 0 Å². The lowest BCUT2D eigenvalue weighted by atomic mass is 10.2. The van der Waals surface area contributed by atoms with Crippen molar-refractivity contribution in [3.05, 3.63) is 60.8 Å². The van der Waals surface area contributed by atoms with Crippen LogP contribution >= 0.6 is 0 Å². The van der Waals surface area contributed by atoms with E-state index in [0.717, 1.165) is 6.26 Å². The molecule has 9 nitrogen and oxygen atoms in total. The Kier molecular flexibility index (Phi) is 4.98. The zero-order valence-corrected chi connectivity index (χ0v) is 13.0. The monoisotopic (exact) mass is 341 g/mol. The molecule has 128 valence electrons. The van der Waals surface area contributed by atoms with Crippen molar-refractivity contribution in [1.29, 1.82) is 0 Å². The van der Waals surface area contributed by atoms with Crippen LogP contribution in [-0.2, 0) is 9.59 Å². The molecule has 0 saturated carbocycles. The predicted molar refractivity (Wildman–Crippen MR) is 89.4 cm³/mol. The maximum absolute atomic E-state index is 12.1. The summed E-state index contributed by atoms with van der Waals surface area (Å²) in [6.45, 7) is 6.66. The fourth-order valence-electron chi connectivity index (χ4n) is 1.67. The van der Waals surface area contributed by atoms with Crippen LogP contribution in [0.1, 0.15) is 10.5 Å². The number of nitrogens with one attached hydrogen (secondary N) is 2. The quantitative estimate of drug-likeness (QED) is 0.437. The summed E-state index contributed by atoms with van der Waals surface area (Å²) in [7, 11) is 0. The summed E-state index contributed by atoms with van der Waals surface area (Å²) in [5.74, 6) is -2.24. The van der Waals surface area contributed by atoms with Gasteiger partial charge in [-0.1, -0.05) is 13.2 Å². The first-order chi connectivity index (χ1) is 11.8. The summed E-state index contributed by atoms with van der Waals surface area (Å²) < 4.78 is 5.23. The zero-order valence-electron chi connectivity index (χ0n) is 13.0. The molecule has 0 radical (unpaired) electrons. The number of amides is 3. The Balaban J connectivity index is 2.03. The molecule has 1 heterocycles. The molecule has 1 aromatic heterocycles. The van der Waals surface area contributed by atoms with Gasteiger partial charge in [-0.05, 0) is 24.3 Å². The molecule has 2 aromatic rings. The Hall–Kier alpha value is -3.88. The molecule has 0 bridgehead atoms. The van der Waals surface area contributed by atoms with Gasteiger partial charge in [-0.15, -0.1) is 0 Å². The lowest BCUT2D eigenvalue weighted by molar-refractivity contribution is -0.120. The summed E-state index contributed by atoms with van der Waals surface area (Å²) >= 11 is 0. The molecule has 6 N–H and O–H groups in total. The first-order valence-corrected chi connectivity index (χ1v) is 6.89. The summed E-state index contributed by atoms with van der Waals surface area (Å²) in [5, 5.41) is 4.33. The van der Waals surface area contributed by atoms with Crippen LogP contribution in [0.4, 0.5) is 5.69 Å². The number of benzene rings is 1. The van der Waals surface area contributed by atoms with Crippen LogP contribution in [0.5, 0.6) is 0 Å². The van der Waals surface area contributed by atoms with Gasteiger partial charge in [0.05, 0.1) is 11.4 Å². The molecule has 0 aliphatic heterocycles. The van der Waals surface area contributed by atoms with E-state index in [1.54, 1.807) is 24.3 Å². The van der Waals surface area contributed by atoms with Crippen molar-refractivity contribution in [3.8, 4) is 11.5 Å². The third-order valence-electron chi connectivity index (χ3n) is 2.99. The van der Waals surface area contributed by atoms with Gasteiger partial charge in [0.15, 0.2) is 5.69 Å². The standard InChI is InChI=1S/C16H15N5O4/c1-8(13(18)22)19-14(23)9(2)20-15(24)12-7-25-16(21-12)10-3-5-11(17)6-4-10/h3-7H,1-2,17H2,(H2,18,22)(H,19,23)(H,20,24). The van der Waals surface area contributed by atoms with Gasteiger partial charge in [-0.2, -0.15) is 0 Å². The molecule has 0 spiro atoms. The number of hydrogen-bond acceptors (Lipinski definition) is 6. The predicted octanol–water partition coefficient (Wildman–Crippen LogP) is 0.282. The Morgan fingerprint density at radius 2 is 1.68 bits per heavy atom. The number of rotatable bonds is 6. The van der Waals surface area contributed by atoms with Crippen LogP contribution in [0.15, 0.2) is 59.5 Å². The Morgan fingerprint density at radius 3 is 2.28 bits per heavy atom. The zero-order chi connectivity index (χ0) is 18.6. The SMILES string of the molecule is C=C(NC(=O)C(=C)NC(=O)c1coc(-c2ccc(N)cc2)n1)C(N)=O. The number of nitrogen functional groups attached to an aromatic ring is 1. The van der Waals surface area contributed by atoms with Gasteiger partial charge in [0, 0.05) is 11.3 Å². The number of nitrogens with zero attached hydrogens (tertiary/aromatic N) is 1. The van der Waals surface area contributed by atoms with Gasteiger partial charge in [-0.25, -0.2) is 4.98 Å². The van der Waals surface area contributed by atoms with E-state index >= 15 is 0 Å². The van der Waals surface area contributed by atoms with Crippen LogP contribution < -0.4 is 22.1 Å². The molecule has 0 atom stereocenters. The molecule has 0 saturated heterocycles. The van der Waals surface area contributed by atoms with E-state index in [4.69, 9.17) is 15.9 Å². The number of carbonyl (C=O) groups excluding carboxylic acids is 3. The second kappa shape index (κ2) is 7.13. The van der Waals surface area contributed by atoms with Gasteiger partial charge < -0.3 is 26.5 Å². The molecule has 9 heteroatoms. The molecule has 25 heavy (non-hydrogen) atoms. The number of oxazole rings is 1. The van der Waals surface area contributed by atoms with Gasteiger partial charge in [0.1, 0.15) is 6.26 Å². The van der Waals surface area contributed by atoms with Crippen LogP contribution in [0.3, 0.4) is 0 Å². The highest BCUT2D eigenvalue weighted by Crippen LogP contribution is 2.19. The van der Waals surface area contributed by atoms with Gasteiger partial charge in [0.25, 0.3) is 17.7 Å². The van der Waals surface area contributed by atoms with Crippen LogP contribution in [0.2, 0.25) is 0 Å². The normalized spacial score (nSPS) is 9.92. The Bertz CT molecular complexity index is 867. The highest BCUT2D eigenvalue weighted by atomic mass is 16.3. The van der Waals surface area contributed by atoms with E-state index in [1.165, 1.54) is 0 Å². The molecular formula is C16H15N5O4. The Morgan fingerprint density at radius 1 is 1.04 bits per heavy atom. The molecular weight excluding hydrogens is 326 g/mol. The lowest BCUT2D eigenvalue weighted by Crippen LogP contribution is -2.36. The molecule has 0 aliphatic rings. The molecule has 0 fully saturated rings. The second-order valence-corrected chi connectivity index (χ2v) is 4.89. The average Bonchev–Trinajstić information content (AvgIpc) is 3.05. The largest absolute Gasteiger partial charge is 0.444 e. The van der Waals surface area contributed by atoms with Crippen LogP contribution in [0.25, 0.3) is 11.5 Å². The summed E-state index contributed by atoms with van der Waals surface area (Å²) in [6.07, 6.45) is 1.13. The van der Waals surface area contributed by atoms with Crippen molar-refractivity contribution < 1.29 is 18.8 Å². The second-order valence-electron chi connectivity index (χ2n) is 4.89. The number of nitrogens with two attached hydrogens (primary N) is 2. The van der Waals surface area contributed by atoms with Crippen LogP contribution in [0, 0.1) is 0 Å². The van der Waals surface area contributed by atoms with Gasteiger partial charge in [0.2, 0.25) is 5.89 Å². The molecule has 0 unspecified atom stereocenters. The number of carbonyl (C=O) groups is 3. The summed E-state index contributed by atoms with van der Waals surface area (Å²) in [6, 6.07) is 6.70. The van der Waals surface area contributed by atoms with Gasteiger partial charge >= 0.3 is 0 Å². The van der Waals surface area contributed by atoms with Crippen molar-refractivity contribution in [2.24, 2.45) is 5.73 Å². The van der Waals surface area contributed by atoms with Crippen LogP contribution in [-0.4, -0.2) is 22.7 Å². The topological polar surface area (TPSA) is 153 Å². The minimum absolute atomic E-state index is 0.0606. The van der Waals surface area contributed by atoms with E-state index < -0.39 is 17.7 Å². The van der Waals surface area contributed by atoms with Crippen molar-refractivity contribution in [3.63, 3.8) is 0 Å². The van der Waals surface area contributed by atoms with E-state index in [1.807, 2.05) is 0 Å². The lowest BCUT2D eigenvalue weighted by Gasteiger charge is -2.08. The molecule has 3 amide bonds. The van der Waals surface area contributed by atoms with Crippen molar-refractivity contribution in [2.75, 3.05) is 5.73 Å². The minimum atomic E-state index is -0.905. The third-order valence-corrected chi connectivity index (χ3v) is 2.99. The summed E-state index contributed by atoms with van der Waals surface area (Å²) in [4.78, 5) is 38.7. The number of aromatic nitrogens is 1. The number of anilines is 1. The first kappa shape index (κ1) is 17.5. The molecule has 2 rings (SSSR count). The number of primary amides is 1.